The molecule has 1 heterocycles. The second-order valence-electron chi connectivity index (χ2n) is 4.83. The second-order valence-corrected chi connectivity index (χ2v) is 4.83. The summed E-state index contributed by atoms with van der Waals surface area (Å²) in [5.74, 6) is -0.286. The average molecular weight is 312 g/mol. The Morgan fingerprint density at radius 3 is 2.70 bits per heavy atom. The van der Waals surface area contributed by atoms with Crippen molar-refractivity contribution in [1.82, 2.24) is 10.4 Å². The van der Waals surface area contributed by atoms with Gasteiger partial charge in [-0.1, -0.05) is 6.07 Å². The van der Waals surface area contributed by atoms with Crippen molar-refractivity contribution in [2.45, 2.75) is 13.8 Å². The molecule has 0 unspecified atom stereocenters. The summed E-state index contributed by atoms with van der Waals surface area (Å²) in [6, 6.07) is 10.4. The van der Waals surface area contributed by atoms with E-state index in [2.05, 4.69) is 34.3 Å². The number of hydrazone groups is 1. The van der Waals surface area contributed by atoms with Gasteiger partial charge in [0.15, 0.2) is 0 Å². The van der Waals surface area contributed by atoms with Crippen molar-refractivity contribution >= 4 is 17.8 Å². The minimum absolute atomic E-state index is 0.116. The van der Waals surface area contributed by atoms with Crippen LogP contribution in [0.2, 0.25) is 0 Å². The number of benzene rings is 1. The lowest BCUT2D eigenvalue weighted by Crippen LogP contribution is -2.21. The fourth-order valence-electron chi connectivity index (χ4n) is 2.14. The van der Waals surface area contributed by atoms with E-state index >= 15 is 0 Å². The van der Waals surface area contributed by atoms with Crippen molar-refractivity contribution in [2.24, 2.45) is 5.10 Å². The molecule has 0 aliphatic rings. The summed E-state index contributed by atoms with van der Waals surface area (Å²) in [5, 5.41) is 13.9. The van der Waals surface area contributed by atoms with Gasteiger partial charge in [-0.2, -0.15) is 5.10 Å². The molecule has 2 aromatic rings. The van der Waals surface area contributed by atoms with E-state index < -0.39 is 5.91 Å². The molecule has 0 atom stereocenters. The molecule has 0 bridgehead atoms. The zero-order valence-electron chi connectivity index (χ0n) is 13.2. The highest BCUT2D eigenvalue weighted by Gasteiger charge is 2.06. The molecular weight excluding hydrogens is 292 g/mol. The molecule has 0 radical (unpaired) electrons. The molecular formula is C17H20N4O2. The molecule has 0 spiro atoms. The van der Waals surface area contributed by atoms with E-state index in [4.69, 9.17) is 0 Å². The molecule has 0 aliphatic carbocycles. The molecule has 23 heavy (non-hydrogen) atoms. The number of hydrogen-bond donors (Lipinski definition) is 2. The van der Waals surface area contributed by atoms with E-state index in [1.54, 1.807) is 30.3 Å². The van der Waals surface area contributed by atoms with Crippen molar-refractivity contribution < 1.29 is 9.90 Å². The number of nitrogens with one attached hydrogen (secondary N) is 1. The summed E-state index contributed by atoms with van der Waals surface area (Å²) >= 11 is 0. The lowest BCUT2D eigenvalue weighted by atomic mass is 10.2. The Hall–Kier alpha value is -2.89. The second kappa shape index (κ2) is 7.93. The number of rotatable bonds is 6. The van der Waals surface area contributed by atoms with E-state index in [9.17, 15) is 9.90 Å². The van der Waals surface area contributed by atoms with E-state index in [1.165, 1.54) is 12.4 Å². The maximum Gasteiger partial charge on any atom is 0.289 e. The number of pyridine rings is 1. The van der Waals surface area contributed by atoms with Gasteiger partial charge in [0.05, 0.1) is 6.21 Å². The Bertz CT molecular complexity index is 682. The van der Waals surface area contributed by atoms with Crippen LogP contribution in [-0.4, -0.2) is 35.3 Å². The number of carbonyl (C=O) groups is 1. The van der Waals surface area contributed by atoms with Crippen LogP contribution < -0.4 is 10.3 Å². The van der Waals surface area contributed by atoms with E-state index in [0.717, 1.165) is 18.8 Å². The number of phenols is 1. The van der Waals surface area contributed by atoms with Crippen LogP contribution in [-0.2, 0) is 0 Å². The number of nitrogens with zero attached hydrogens (tertiary/aromatic N) is 3. The third-order valence-corrected chi connectivity index (χ3v) is 3.41. The van der Waals surface area contributed by atoms with Crippen LogP contribution in [0.1, 0.15) is 29.9 Å². The van der Waals surface area contributed by atoms with Crippen LogP contribution in [0.15, 0.2) is 47.7 Å². The van der Waals surface area contributed by atoms with Crippen molar-refractivity contribution in [2.75, 3.05) is 18.0 Å². The highest BCUT2D eigenvalue weighted by molar-refractivity contribution is 5.93. The molecule has 0 aliphatic heterocycles. The molecule has 1 aromatic carbocycles. The van der Waals surface area contributed by atoms with Crippen LogP contribution in [0.4, 0.5) is 5.69 Å². The number of aromatic nitrogens is 1. The van der Waals surface area contributed by atoms with E-state index in [0.29, 0.717) is 5.56 Å². The highest BCUT2D eigenvalue weighted by Crippen LogP contribution is 2.23. The van der Waals surface area contributed by atoms with Gasteiger partial charge in [0.1, 0.15) is 11.4 Å². The van der Waals surface area contributed by atoms with Gasteiger partial charge in [-0.15, -0.1) is 0 Å². The summed E-state index contributed by atoms with van der Waals surface area (Å²) in [7, 11) is 0. The van der Waals surface area contributed by atoms with Crippen LogP contribution >= 0.6 is 0 Å². The van der Waals surface area contributed by atoms with Crippen molar-refractivity contribution in [3.05, 3.63) is 53.9 Å². The van der Waals surface area contributed by atoms with Gasteiger partial charge >= 0.3 is 0 Å². The Kier molecular flexibility index (Phi) is 5.68. The molecule has 2 rings (SSSR count). The number of carbonyl (C=O) groups excluding carboxylic acids is 1. The van der Waals surface area contributed by atoms with Gasteiger partial charge in [-0.25, -0.2) is 5.43 Å². The third kappa shape index (κ3) is 4.29. The van der Waals surface area contributed by atoms with Crippen LogP contribution in [0, 0.1) is 0 Å². The maximum atomic E-state index is 11.8. The minimum Gasteiger partial charge on any atom is -0.507 e. The summed E-state index contributed by atoms with van der Waals surface area (Å²) in [6.07, 6.45) is 2.94. The van der Waals surface area contributed by atoms with Gasteiger partial charge < -0.3 is 10.0 Å². The molecule has 0 saturated heterocycles. The zero-order chi connectivity index (χ0) is 16.7. The van der Waals surface area contributed by atoms with Gasteiger partial charge in [0.2, 0.25) is 0 Å². The molecule has 0 fully saturated rings. The highest BCUT2D eigenvalue weighted by atomic mass is 16.3. The molecule has 6 heteroatoms. The smallest absolute Gasteiger partial charge is 0.289 e. The number of anilines is 1. The number of phenolic OH excluding ortho intramolecular Hbond substituents is 1. The van der Waals surface area contributed by atoms with Crippen LogP contribution in [0.3, 0.4) is 0 Å². The SMILES string of the molecule is CCN(CC)c1ccc(/C=N\NC(=O)c2ccccn2)c(O)c1. The standard InChI is InChI=1S/C17H20N4O2/c1-3-21(4-2)14-9-8-13(16(22)11-14)12-19-20-17(23)15-7-5-6-10-18-15/h5-12,22H,3-4H2,1-2H3,(H,20,23)/b19-12-. The van der Waals surface area contributed by atoms with Gasteiger partial charge in [-0.3, -0.25) is 9.78 Å². The topological polar surface area (TPSA) is 77.8 Å². The van der Waals surface area contributed by atoms with Crippen LogP contribution in [0.5, 0.6) is 5.75 Å². The normalized spacial score (nSPS) is 10.7. The minimum atomic E-state index is -0.402. The molecule has 120 valence electrons. The predicted octanol–water partition coefficient (Wildman–Crippen LogP) is 2.40. The summed E-state index contributed by atoms with van der Waals surface area (Å²) in [6.45, 7) is 5.85. The summed E-state index contributed by atoms with van der Waals surface area (Å²) < 4.78 is 0. The van der Waals surface area contributed by atoms with Gasteiger partial charge in [-0.05, 0) is 38.1 Å². The lowest BCUT2D eigenvalue weighted by molar-refractivity contribution is 0.0950. The first-order valence-electron chi connectivity index (χ1n) is 7.48. The first kappa shape index (κ1) is 16.5. The van der Waals surface area contributed by atoms with E-state index in [-0.39, 0.29) is 11.4 Å². The molecule has 1 amide bonds. The Morgan fingerprint density at radius 2 is 2.09 bits per heavy atom. The fraction of sp³-hybridized carbons (Fsp3) is 0.235. The number of aromatic hydroxyl groups is 1. The van der Waals surface area contributed by atoms with Gasteiger partial charge in [0.25, 0.3) is 5.91 Å². The van der Waals surface area contributed by atoms with E-state index in [1.807, 2.05) is 6.07 Å². The van der Waals surface area contributed by atoms with Crippen molar-refractivity contribution in [3.8, 4) is 5.75 Å². The van der Waals surface area contributed by atoms with Crippen molar-refractivity contribution in [3.63, 3.8) is 0 Å². The maximum absolute atomic E-state index is 11.8. The first-order valence-corrected chi connectivity index (χ1v) is 7.48. The molecule has 6 nitrogen and oxygen atoms in total. The molecule has 1 aromatic heterocycles. The Labute approximate surface area is 135 Å². The number of hydrogen-bond acceptors (Lipinski definition) is 5. The number of amides is 1. The fourth-order valence-corrected chi connectivity index (χ4v) is 2.14. The van der Waals surface area contributed by atoms with Crippen LogP contribution in [0.25, 0.3) is 0 Å². The Balaban J connectivity index is 2.04. The van der Waals surface area contributed by atoms with Gasteiger partial charge in [0, 0.05) is 36.6 Å². The molecule has 2 N–H and O–H groups in total. The summed E-state index contributed by atoms with van der Waals surface area (Å²) in [4.78, 5) is 17.8. The van der Waals surface area contributed by atoms with Crippen molar-refractivity contribution in [1.29, 1.82) is 0 Å². The monoisotopic (exact) mass is 312 g/mol. The predicted molar refractivity (Wildman–Crippen MR) is 91.0 cm³/mol. The summed E-state index contributed by atoms with van der Waals surface area (Å²) in [5.41, 5.74) is 4.14. The average Bonchev–Trinajstić information content (AvgIpc) is 2.58. The third-order valence-electron chi connectivity index (χ3n) is 3.41. The largest absolute Gasteiger partial charge is 0.507 e. The lowest BCUT2D eigenvalue weighted by Gasteiger charge is -2.21. The quantitative estimate of drug-likeness (QED) is 0.634. The first-order chi connectivity index (χ1) is 11.2. The zero-order valence-corrected chi connectivity index (χ0v) is 13.2. The Morgan fingerprint density at radius 1 is 1.30 bits per heavy atom. The molecule has 0 saturated carbocycles.